The van der Waals surface area contributed by atoms with Crippen LogP contribution in [0.25, 0.3) is 0 Å². The third-order valence-corrected chi connectivity index (χ3v) is 3.64. The Balaban J connectivity index is 1.95. The maximum absolute atomic E-state index is 6.00. The largest absolute Gasteiger partial charge is 0.378 e. The lowest BCUT2D eigenvalue weighted by Crippen LogP contribution is -2.70. The molecule has 2 rings (SSSR count). The summed E-state index contributed by atoms with van der Waals surface area (Å²) in [5.74, 6) is 0. The summed E-state index contributed by atoms with van der Waals surface area (Å²) in [6.07, 6.45) is 2.03. The van der Waals surface area contributed by atoms with E-state index in [0.29, 0.717) is 0 Å². The first kappa shape index (κ1) is 11.3. The van der Waals surface area contributed by atoms with Gasteiger partial charge >= 0.3 is 0 Å². The highest BCUT2D eigenvalue weighted by Gasteiger charge is 2.42. The number of hydrogen-bond donors (Lipinski definition) is 2. The van der Waals surface area contributed by atoms with Crippen LogP contribution in [0.1, 0.15) is 26.7 Å². The van der Waals surface area contributed by atoms with Crippen molar-refractivity contribution in [2.75, 3.05) is 32.9 Å². The third kappa shape index (κ3) is 2.18. The Kier molecular flexibility index (Phi) is 3.30. The van der Waals surface area contributed by atoms with Crippen LogP contribution >= 0.6 is 0 Å². The lowest BCUT2D eigenvalue weighted by atomic mass is 9.95. The second kappa shape index (κ2) is 4.37. The second-order valence-electron chi connectivity index (χ2n) is 4.60. The summed E-state index contributed by atoms with van der Waals surface area (Å²) in [6.45, 7) is 8.52. The number of ether oxygens (including phenoxy) is 2. The molecular weight excluding hydrogens is 192 g/mol. The van der Waals surface area contributed by atoms with Gasteiger partial charge in [0.05, 0.1) is 25.4 Å². The molecule has 2 saturated heterocycles. The summed E-state index contributed by atoms with van der Waals surface area (Å²) in [5, 5.41) is 7.04. The Bertz CT molecular complexity index is 199. The van der Waals surface area contributed by atoms with E-state index in [1.807, 2.05) is 0 Å². The van der Waals surface area contributed by atoms with Crippen molar-refractivity contribution in [2.45, 2.75) is 38.0 Å². The van der Waals surface area contributed by atoms with E-state index in [9.17, 15) is 0 Å². The summed E-state index contributed by atoms with van der Waals surface area (Å²) in [5.41, 5.74) is -0.101. The number of nitrogens with one attached hydrogen (secondary N) is 2. The molecule has 0 saturated carbocycles. The van der Waals surface area contributed by atoms with E-state index in [2.05, 4.69) is 24.5 Å². The van der Waals surface area contributed by atoms with Crippen LogP contribution in [0.15, 0.2) is 0 Å². The van der Waals surface area contributed by atoms with Gasteiger partial charge in [-0.2, -0.15) is 0 Å². The smallest absolute Gasteiger partial charge is 0.118 e. The fourth-order valence-corrected chi connectivity index (χ4v) is 2.33. The molecule has 88 valence electrons. The van der Waals surface area contributed by atoms with Gasteiger partial charge in [0.15, 0.2) is 0 Å². The molecule has 1 unspecified atom stereocenters. The molecule has 15 heavy (non-hydrogen) atoms. The SMILES string of the molecule is CCC1(CC)NCC2(COCCN2)CO1. The van der Waals surface area contributed by atoms with Crippen molar-refractivity contribution in [3.8, 4) is 0 Å². The minimum absolute atomic E-state index is 0.00604. The summed E-state index contributed by atoms with van der Waals surface area (Å²) < 4.78 is 11.5. The van der Waals surface area contributed by atoms with Crippen molar-refractivity contribution >= 4 is 0 Å². The van der Waals surface area contributed by atoms with Crippen molar-refractivity contribution in [1.82, 2.24) is 10.6 Å². The lowest BCUT2D eigenvalue weighted by molar-refractivity contribution is -0.153. The Morgan fingerprint density at radius 3 is 2.40 bits per heavy atom. The molecule has 4 heteroatoms. The van der Waals surface area contributed by atoms with Gasteiger partial charge in [-0.3, -0.25) is 5.32 Å². The number of rotatable bonds is 2. The quantitative estimate of drug-likeness (QED) is 0.702. The zero-order valence-electron chi connectivity index (χ0n) is 9.77. The van der Waals surface area contributed by atoms with Gasteiger partial charge in [0.2, 0.25) is 0 Å². The molecule has 0 aromatic carbocycles. The summed E-state index contributed by atoms with van der Waals surface area (Å²) in [4.78, 5) is 0. The van der Waals surface area contributed by atoms with Gasteiger partial charge in [-0.15, -0.1) is 0 Å². The van der Waals surface area contributed by atoms with Crippen molar-refractivity contribution < 1.29 is 9.47 Å². The molecule has 2 aliphatic heterocycles. The molecule has 0 aliphatic carbocycles. The topological polar surface area (TPSA) is 42.5 Å². The fraction of sp³-hybridized carbons (Fsp3) is 1.00. The van der Waals surface area contributed by atoms with Crippen molar-refractivity contribution in [3.05, 3.63) is 0 Å². The highest BCUT2D eigenvalue weighted by Crippen LogP contribution is 2.25. The molecule has 1 spiro atoms. The van der Waals surface area contributed by atoms with Gasteiger partial charge in [-0.1, -0.05) is 13.8 Å². The van der Waals surface area contributed by atoms with Crippen LogP contribution in [0.3, 0.4) is 0 Å². The van der Waals surface area contributed by atoms with E-state index in [-0.39, 0.29) is 11.3 Å². The van der Waals surface area contributed by atoms with Crippen LogP contribution < -0.4 is 10.6 Å². The summed E-state index contributed by atoms with van der Waals surface area (Å²) >= 11 is 0. The average Bonchev–Trinajstić information content (AvgIpc) is 2.32. The first-order valence-corrected chi connectivity index (χ1v) is 5.96. The third-order valence-electron chi connectivity index (χ3n) is 3.64. The number of hydrogen-bond acceptors (Lipinski definition) is 4. The molecule has 2 aliphatic rings. The second-order valence-corrected chi connectivity index (χ2v) is 4.60. The molecule has 0 bridgehead atoms. The highest BCUT2D eigenvalue weighted by molar-refractivity contribution is 4.98. The Labute approximate surface area is 91.7 Å². The highest BCUT2D eigenvalue weighted by atomic mass is 16.5. The van der Waals surface area contributed by atoms with Gasteiger partial charge in [-0.05, 0) is 12.8 Å². The van der Waals surface area contributed by atoms with E-state index < -0.39 is 0 Å². The van der Waals surface area contributed by atoms with Gasteiger partial charge in [0.25, 0.3) is 0 Å². The van der Waals surface area contributed by atoms with Crippen LogP contribution in [-0.2, 0) is 9.47 Å². The van der Waals surface area contributed by atoms with Gasteiger partial charge < -0.3 is 14.8 Å². The van der Waals surface area contributed by atoms with E-state index in [1.54, 1.807) is 0 Å². The first-order valence-electron chi connectivity index (χ1n) is 5.96. The maximum atomic E-state index is 6.00. The molecule has 0 aromatic rings. The van der Waals surface area contributed by atoms with Crippen LogP contribution in [-0.4, -0.2) is 44.2 Å². The van der Waals surface area contributed by atoms with Crippen LogP contribution in [0, 0.1) is 0 Å². The van der Waals surface area contributed by atoms with E-state index in [0.717, 1.165) is 45.8 Å². The summed E-state index contributed by atoms with van der Waals surface area (Å²) in [6, 6.07) is 0. The van der Waals surface area contributed by atoms with Crippen molar-refractivity contribution in [2.24, 2.45) is 0 Å². The Hall–Kier alpha value is -0.160. The monoisotopic (exact) mass is 214 g/mol. The molecule has 0 aromatic heterocycles. The molecule has 1 atom stereocenters. The summed E-state index contributed by atoms with van der Waals surface area (Å²) in [7, 11) is 0. The minimum Gasteiger partial charge on any atom is -0.378 e. The van der Waals surface area contributed by atoms with Crippen LogP contribution in [0.5, 0.6) is 0 Å². The Morgan fingerprint density at radius 2 is 1.93 bits per heavy atom. The molecule has 2 fully saturated rings. The van der Waals surface area contributed by atoms with Gasteiger partial charge in [-0.25, -0.2) is 0 Å². The van der Waals surface area contributed by atoms with E-state index in [1.165, 1.54) is 0 Å². The molecule has 2 heterocycles. The first-order chi connectivity index (χ1) is 7.24. The average molecular weight is 214 g/mol. The molecule has 4 nitrogen and oxygen atoms in total. The van der Waals surface area contributed by atoms with Crippen molar-refractivity contribution in [3.63, 3.8) is 0 Å². The van der Waals surface area contributed by atoms with Crippen LogP contribution in [0.4, 0.5) is 0 Å². The fourth-order valence-electron chi connectivity index (χ4n) is 2.33. The predicted octanol–water partition coefficient (Wildman–Crippen LogP) is 0.481. The minimum atomic E-state index is -0.107. The van der Waals surface area contributed by atoms with E-state index >= 15 is 0 Å². The molecular formula is C11H22N2O2. The zero-order valence-corrected chi connectivity index (χ0v) is 9.77. The normalized spacial score (nSPS) is 35.6. The van der Waals surface area contributed by atoms with Gasteiger partial charge in [0.1, 0.15) is 5.72 Å². The Morgan fingerprint density at radius 1 is 1.13 bits per heavy atom. The van der Waals surface area contributed by atoms with Crippen LogP contribution in [0.2, 0.25) is 0 Å². The standard InChI is InChI=1S/C11H22N2O2/c1-3-11(4-2)13-7-10(9-15-11)8-14-6-5-12-10/h12-13H,3-9H2,1-2H3. The molecule has 0 radical (unpaired) electrons. The lowest BCUT2D eigenvalue weighted by Gasteiger charge is -2.48. The maximum Gasteiger partial charge on any atom is 0.118 e. The zero-order chi connectivity index (χ0) is 10.8. The van der Waals surface area contributed by atoms with Gasteiger partial charge in [0, 0.05) is 13.1 Å². The predicted molar refractivity (Wildman–Crippen MR) is 58.8 cm³/mol. The molecule has 0 amide bonds. The van der Waals surface area contributed by atoms with Crippen molar-refractivity contribution in [1.29, 1.82) is 0 Å². The molecule has 2 N–H and O–H groups in total. The number of morpholine rings is 1. The van der Waals surface area contributed by atoms with E-state index in [4.69, 9.17) is 9.47 Å².